The number of ether oxygens (including phenoxy) is 3. The lowest BCUT2D eigenvalue weighted by Gasteiger charge is -2.10. The van der Waals surface area contributed by atoms with Crippen molar-refractivity contribution in [1.82, 2.24) is 4.98 Å². The first kappa shape index (κ1) is 19.0. The van der Waals surface area contributed by atoms with Gasteiger partial charge in [-0.1, -0.05) is 18.2 Å². The number of carbonyl (C=O) groups is 2. The summed E-state index contributed by atoms with van der Waals surface area (Å²) in [5.74, 6) is -0.304. The van der Waals surface area contributed by atoms with Crippen LogP contribution in [0.25, 0.3) is 10.9 Å². The van der Waals surface area contributed by atoms with Crippen molar-refractivity contribution in [2.24, 2.45) is 0 Å². The van der Waals surface area contributed by atoms with Gasteiger partial charge >= 0.3 is 5.97 Å². The number of rotatable bonds is 6. The highest BCUT2D eigenvalue weighted by atomic mass is 16.5. The molecule has 0 fully saturated rings. The summed E-state index contributed by atoms with van der Waals surface area (Å²) in [6.45, 7) is -0.514. The molecule has 1 heterocycles. The fourth-order valence-corrected chi connectivity index (χ4v) is 2.66. The summed E-state index contributed by atoms with van der Waals surface area (Å²) in [6.07, 6.45) is 0. The van der Waals surface area contributed by atoms with E-state index < -0.39 is 24.0 Å². The Bertz CT molecular complexity index is 1070. The second-order valence-electron chi connectivity index (χ2n) is 5.82. The van der Waals surface area contributed by atoms with E-state index in [9.17, 15) is 14.4 Å². The Balaban J connectivity index is 1.70. The number of pyridine rings is 1. The molecule has 0 saturated heterocycles. The van der Waals surface area contributed by atoms with E-state index in [4.69, 9.17) is 14.2 Å². The molecule has 8 nitrogen and oxygen atoms in total. The van der Waals surface area contributed by atoms with Gasteiger partial charge in [0.05, 0.1) is 19.8 Å². The number of carbonyl (C=O) groups excluding carboxylic acids is 2. The Morgan fingerprint density at radius 1 is 1.00 bits per heavy atom. The molecule has 2 N–H and O–H groups in total. The molecule has 144 valence electrons. The van der Waals surface area contributed by atoms with Crippen molar-refractivity contribution >= 4 is 28.5 Å². The molecule has 0 radical (unpaired) electrons. The van der Waals surface area contributed by atoms with E-state index in [1.54, 1.807) is 42.5 Å². The van der Waals surface area contributed by atoms with Crippen LogP contribution in [0.3, 0.4) is 0 Å². The zero-order valence-electron chi connectivity index (χ0n) is 15.3. The van der Waals surface area contributed by atoms with E-state index in [-0.39, 0.29) is 5.56 Å². The van der Waals surface area contributed by atoms with E-state index in [0.29, 0.717) is 28.1 Å². The largest absolute Gasteiger partial charge is 0.497 e. The van der Waals surface area contributed by atoms with Gasteiger partial charge in [-0.3, -0.25) is 9.59 Å². The highest BCUT2D eigenvalue weighted by molar-refractivity contribution is 6.04. The van der Waals surface area contributed by atoms with Crippen LogP contribution in [0.5, 0.6) is 11.5 Å². The first-order chi connectivity index (χ1) is 13.5. The Kier molecular flexibility index (Phi) is 5.59. The van der Waals surface area contributed by atoms with E-state index in [2.05, 4.69) is 10.3 Å². The van der Waals surface area contributed by atoms with Crippen molar-refractivity contribution in [3.05, 3.63) is 64.4 Å². The van der Waals surface area contributed by atoms with E-state index in [1.165, 1.54) is 14.2 Å². The van der Waals surface area contributed by atoms with Crippen molar-refractivity contribution in [3.8, 4) is 11.5 Å². The third-order valence-corrected chi connectivity index (χ3v) is 3.94. The second kappa shape index (κ2) is 8.26. The molecule has 8 heteroatoms. The number of methoxy groups -OCH3 is 2. The molecule has 28 heavy (non-hydrogen) atoms. The van der Waals surface area contributed by atoms with Gasteiger partial charge in [-0.25, -0.2) is 4.79 Å². The Morgan fingerprint density at radius 3 is 2.36 bits per heavy atom. The maximum Gasteiger partial charge on any atom is 0.339 e. The highest BCUT2D eigenvalue weighted by Gasteiger charge is 2.15. The summed E-state index contributed by atoms with van der Waals surface area (Å²) in [5, 5.41) is 3.14. The van der Waals surface area contributed by atoms with Crippen LogP contribution in [-0.4, -0.2) is 37.7 Å². The Morgan fingerprint density at radius 2 is 1.68 bits per heavy atom. The fourth-order valence-electron chi connectivity index (χ4n) is 2.66. The topological polar surface area (TPSA) is 107 Å². The molecule has 1 aromatic heterocycles. The molecule has 0 aliphatic heterocycles. The van der Waals surface area contributed by atoms with Gasteiger partial charge in [-0.05, 0) is 6.07 Å². The van der Waals surface area contributed by atoms with E-state index >= 15 is 0 Å². The zero-order valence-corrected chi connectivity index (χ0v) is 15.3. The predicted molar refractivity (Wildman–Crippen MR) is 103 cm³/mol. The van der Waals surface area contributed by atoms with Crippen LogP contribution >= 0.6 is 0 Å². The number of fused-ring (bicyclic) bond motifs is 1. The van der Waals surface area contributed by atoms with Gasteiger partial charge in [0, 0.05) is 40.9 Å². The molecule has 0 unspecified atom stereocenters. The fraction of sp³-hybridized carbons (Fsp3) is 0.150. The van der Waals surface area contributed by atoms with Gasteiger partial charge in [-0.2, -0.15) is 0 Å². The van der Waals surface area contributed by atoms with E-state index in [1.807, 2.05) is 0 Å². The van der Waals surface area contributed by atoms with Crippen LogP contribution in [0, 0.1) is 0 Å². The molecule has 0 aliphatic carbocycles. The van der Waals surface area contributed by atoms with Crippen LogP contribution < -0.4 is 20.3 Å². The molecule has 3 rings (SSSR count). The average molecular weight is 382 g/mol. The van der Waals surface area contributed by atoms with Crippen LogP contribution in [0.2, 0.25) is 0 Å². The monoisotopic (exact) mass is 382 g/mol. The summed E-state index contributed by atoms with van der Waals surface area (Å²) in [5.41, 5.74) is 0.600. The first-order valence-corrected chi connectivity index (χ1v) is 8.32. The number of hydrogen-bond donors (Lipinski definition) is 2. The quantitative estimate of drug-likeness (QED) is 0.634. The first-order valence-electron chi connectivity index (χ1n) is 8.32. The number of anilines is 1. The predicted octanol–water partition coefficient (Wildman–Crippen LogP) is 2.34. The molecular weight excluding hydrogens is 364 g/mol. The van der Waals surface area contributed by atoms with Gasteiger partial charge < -0.3 is 24.5 Å². The summed E-state index contributed by atoms with van der Waals surface area (Å²) in [4.78, 5) is 38.9. The van der Waals surface area contributed by atoms with Crippen molar-refractivity contribution < 1.29 is 23.8 Å². The maximum atomic E-state index is 12.4. The third-order valence-electron chi connectivity index (χ3n) is 3.94. The minimum Gasteiger partial charge on any atom is -0.497 e. The van der Waals surface area contributed by atoms with Gasteiger partial charge in [0.2, 0.25) is 5.56 Å². The van der Waals surface area contributed by atoms with Crippen LogP contribution in [0.4, 0.5) is 5.69 Å². The number of para-hydroxylation sites is 1. The molecule has 0 aliphatic rings. The molecule has 0 spiro atoms. The van der Waals surface area contributed by atoms with Gasteiger partial charge in [-0.15, -0.1) is 0 Å². The number of aromatic amines is 1. The highest BCUT2D eigenvalue weighted by Crippen LogP contribution is 2.25. The number of amides is 1. The number of H-pyrrole nitrogens is 1. The Hall–Kier alpha value is -3.81. The van der Waals surface area contributed by atoms with E-state index in [0.717, 1.165) is 6.07 Å². The van der Waals surface area contributed by atoms with Gasteiger partial charge in [0.25, 0.3) is 5.91 Å². The standard InChI is InChI=1S/C20H18N2O6/c1-26-13-7-12(8-14(9-13)27-2)21-19(24)11-28-20(25)16-10-18(23)22-17-6-4-3-5-15(16)17/h3-10H,11H2,1-2H3,(H,21,24)(H,22,23). The normalized spacial score (nSPS) is 10.4. The maximum absolute atomic E-state index is 12.4. The lowest BCUT2D eigenvalue weighted by atomic mass is 10.1. The smallest absolute Gasteiger partial charge is 0.339 e. The Labute approximate surface area is 160 Å². The summed E-state index contributed by atoms with van der Waals surface area (Å²) < 4.78 is 15.3. The molecule has 0 saturated carbocycles. The van der Waals surface area contributed by atoms with Crippen LogP contribution in [0.1, 0.15) is 10.4 Å². The van der Waals surface area contributed by atoms with Crippen LogP contribution in [-0.2, 0) is 9.53 Å². The number of esters is 1. The van der Waals surface area contributed by atoms with Gasteiger partial charge in [0.15, 0.2) is 6.61 Å². The number of aromatic nitrogens is 1. The zero-order chi connectivity index (χ0) is 20.1. The van der Waals surface area contributed by atoms with Crippen molar-refractivity contribution in [2.45, 2.75) is 0 Å². The van der Waals surface area contributed by atoms with Crippen molar-refractivity contribution in [2.75, 3.05) is 26.1 Å². The molecule has 2 aromatic carbocycles. The molecular formula is C20H18N2O6. The third kappa shape index (κ3) is 4.29. The van der Waals surface area contributed by atoms with Crippen LogP contribution in [0.15, 0.2) is 53.3 Å². The number of hydrogen-bond acceptors (Lipinski definition) is 6. The lowest BCUT2D eigenvalue weighted by Crippen LogP contribution is -2.22. The number of benzene rings is 2. The second-order valence-corrected chi connectivity index (χ2v) is 5.82. The summed E-state index contributed by atoms with van der Waals surface area (Å²) in [6, 6.07) is 12.9. The minimum absolute atomic E-state index is 0.0928. The SMILES string of the molecule is COc1cc(NC(=O)COC(=O)c2cc(=O)[nH]c3ccccc23)cc(OC)c1. The molecule has 3 aromatic rings. The number of nitrogens with one attached hydrogen (secondary N) is 2. The minimum atomic E-state index is -0.763. The molecule has 0 atom stereocenters. The average Bonchev–Trinajstić information content (AvgIpc) is 2.70. The van der Waals surface area contributed by atoms with Gasteiger partial charge in [0.1, 0.15) is 11.5 Å². The van der Waals surface area contributed by atoms with Crippen molar-refractivity contribution in [1.29, 1.82) is 0 Å². The molecule has 1 amide bonds. The summed E-state index contributed by atoms with van der Waals surface area (Å²) in [7, 11) is 2.99. The van der Waals surface area contributed by atoms with Crippen molar-refractivity contribution in [3.63, 3.8) is 0 Å². The summed E-state index contributed by atoms with van der Waals surface area (Å²) >= 11 is 0. The molecule has 0 bridgehead atoms. The lowest BCUT2D eigenvalue weighted by molar-refractivity contribution is -0.119.